The second-order valence-electron chi connectivity index (χ2n) is 3.02. The number of hydrogen-bond donors (Lipinski definition) is 1. The predicted molar refractivity (Wildman–Crippen MR) is 45.7 cm³/mol. The minimum absolute atomic E-state index is 0. The molecule has 4 heteroatoms. The number of rotatable bonds is 1. The Balaban J connectivity index is 0.000000980. The largest absolute Gasteiger partial charge is 0.504 e. The van der Waals surface area contributed by atoms with E-state index < -0.39 is 12.1 Å². The molecule has 0 spiro atoms. The first kappa shape index (κ1) is 11.7. The molecule has 1 unspecified atom stereocenters. The van der Waals surface area contributed by atoms with Gasteiger partial charge in [-0.1, -0.05) is 6.42 Å². The van der Waals surface area contributed by atoms with Gasteiger partial charge in [0.1, 0.15) is 0 Å². The van der Waals surface area contributed by atoms with E-state index in [4.69, 9.17) is 9.84 Å². The van der Waals surface area contributed by atoms with Crippen LogP contribution in [0.3, 0.4) is 0 Å². The van der Waals surface area contributed by atoms with Crippen molar-refractivity contribution >= 4 is 5.97 Å². The van der Waals surface area contributed by atoms with Gasteiger partial charge in [-0.2, -0.15) is 18.2 Å². The van der Waals surface area contributed by atoms with E-state index >= 15 is 0 Å². The number of fused-ring (bicyclic) bond motifs is 1. The van der Waals surface area contributed by atoms with Gasteiger partial charge in [0.05, 0.1) is 0 Å². The van der Waals surface area contributed by atoms with Crippen LogP contribution in [-0.4, -0.2) is 17.2 Å². The van der Waals surface area contributed by atoms with Crippen LogP contribution in [0.4, 0.5) is 0 Å². The maximum absolute atomic E-state index is 10.6. The van der Waals surface area contributed by atoms with Gasteiger partial charge in [0.25, 0.3) is 0 Å². The van der Waals surface area contributed by atoms with Crippen molar-refractivity contribution in [3.63, 3.8) is 0 Å². The van der Waals surface area contributed by atoms with Crippen LogP contribution in [-0.2, 0) is 43.9 Å². The number of carboxylic acid groups (broad SMARTS) is 1. The van der Waals surface area contributed by atoms with E-state index in [0.717, 1.165) is 12.0 Å². The number of aryl methyl sites for hydroxylation is 1. The molecule has 0 bridgehead atoms. The molecule has 0 saturated heterocycles. The molecule has 0 aromatic heterocycles. The normalized spacial score (nSPS) is 18.7. The average molecular weight is 266 g/mol. The van der Waals surface area contributed by atoms with Crippen molar-refractivity contribution in [3.05, 3.63) is 29.8 Å². The molecule has 1 aromatic rings. The Labute approximate surface area is 107 Å². The molecular weight excluding hydrogens is 257 g/mol. The quantitative estimate of drug-likeness (QED) is 0.778. The summed E-state index contributed by atoms with van der Waals surface area (Å²) < 4.78 is 5.27. The molecule has 1 aliphatic rings. The topological polar surface area (TPSA) is 46.5 Å². The Hall–Kier alpha value is -0.406. The Morgan fingerprint density at radius 1 is 1.64 bits per heavy atom. The molecular formula is C10H9O3Y-. The van der Waals surface area contributed by atoms with Crippen LogP contribution < -0.4 is 4.74 Å². The fourth-order valence-electron chi connectivity index (χ4n) is 1.43. The molecule has 1 heterocycles. The van der Waals surface area contributed by atoms with E-state index in [1.165, 1.54) is 0 Å². The van der Waals surface area contributed by atoms with Crippen molar-refractivity contribution in [1.82, 2.24) is 0 Å². The maximum atomic E-state index is 10.6. The summed E-state index contributed by atoms with van der Waals surface area (Å²) in [5, 5.41) is 8.73. The summed E-state index contributed by atoms with van der Waals surface area (Å²) in [5.74, 6) is -0.212. The van der Waals surface area contributed by atoms with Crippen molar-refractivity contribution in [2.75, 3.05) is 0 Å². The fraction of sp³-hybridized carbons (Fsp3) is 0.300. The average Bonchev–Trinajstić information content (AvgIpc) is 2.17. The minimum atomic E-state index is -0.890. The molecule has 2 rings (SSSR count). The molecule has 0 aliphatic carbocycles. The molecule has 0 fully saturated rings. The van der Waals surface area contributed by atoms with Crippen LogP contribution >= 0.6 is 0 Å². The van der Waals surface area contributed by atoms with Crippen LogP contribution in [0.15, 0.2) is 18.2 Å². The standard InChI is InChI=1S/C10H9O3.Y/c11-10(12)9-6-5-7-3-1-2-4-8(7)13-9;/h2-4,9H,5-6H2,(H,11,12);/q-1;. The Morgan fingerprint density at radius 2 is 2.43 bits per heavy atom. The molecule has 71 valence electrons. The third kappa shape index (κ3) is 2.34. The van der Waals surface area contributed by atoms with E-state index in [2.05, 4.69) is 6.07 Å². The Morgan fingerprint density at radius 3 is 3.14 bits per heavy atom. The summed E-state index contributed by atoms with van der Waals surface area (Å²) in [6.07, 6.45) is 0.610. The van der Waals surface area contributed by atoms with Gasteiger partial charge in [0.15, 0.2) is 6.10 Å². The number of carboxylic acids is 1. The van der Waals surface area contributed by atoms with Gasteiger partial charge in [-0.15, -0.1) is 11.6 Å². The van der Waals surface area contributed by atoms with Crippen LogP contribution in [0, 0.1) is 6.07 Å². The van der Waals surface area contributed by atoms with Gasteiger partial charge in [-0.3, -0.25) is 0 Å². The Bertz CT molecular complexity index is 338. The summed E-state index contributed by atoms with van der Waals surface area (Å²) in [4.78, 5) is 10.6. The number of aliphatic carboxylic acids is 1. The van der Waals surface area contributed by atoms with Gasteiger partial charge in [0.2, 0.25) is 0 Å². The van der Waals surface area contributed by atoms with Crippen molar-refractivity contribution in [1.29, 1.82) is 0 Å². The van der Waals surface area contributed by atoms with Crippen LogP contribution in [0.5, 0.6) is 5.75 Å². The molecule has 1 aromatic carbocycles. The molecule has 0 saturated carbocycles. The minimum Gasteiger partial charge on any atom is -0.504 e. The monoisotopic (exact) mass is 266 g/mol. The van der Waals surface area contributed by atoms with E-state index in [1.807, 2.05) is 6.07 Å². The van der Waals surface area contributed by atoms with Gasteiger partial charge >= 0.3 is 5.97 Å². The third-order valence-electron chi connectivity index (χ3n) is 2.13. The zero-order valence-electron chi connectivity index (χ0n) is 7.56. The number of benzene rings is 1. The molecule has 0 amide bonds. The van der Waals surface area contributed by atoms with E-state index in [0.29, 0.717) is 12.2 Å². The zero-order valence-corrected chi connectivity index (χ0v) is 10.4. The molecule has 14 heavy (non-hydrogen) atoms. The second kappa shape index (κ2) is 4.90. The number of carbonyl (C=O) groups is 1. The van der Waals surface area contributed by atoms with Crippen molar-refractivity contribution in [3.8, 4) is 5.75 Å². The van der Waals surface area contributed by atoms with Gasteiger partial charge in [-0.25, -0.2) is 4.79 Å². The summed E-state index contributed by atoms with van der Waals surface area (Å²) in [6.45, 7) is 0. The van der Waals surface area contributed by atoms with Crippen LogP contribution in [0.1, 0.15) is 12.0 Å². The molecule has 3 nitrogen and oxygen atoms in total. The van der Waals surface area contributed by atoms with Gasteiger partial charge < -0.3 is 9.84 Å². The van der Waals surface area contributed by atoms with E-state index in [1.54, 1.807) is 12.1 Å². The zero-order chi connectivity index (χ0) is 9.26. The maximum Gasteiger partial charge on any atom is 0.344 e. The van der Waals surface area contributed by atoms with Crippen molar-refractivity contribution in [2.24, 2.45) is 0 Å². The third-order valence-corrected chi connectivity index (χ3v) is 2.13. The number of hydrogen-bond acceptors (Lipinski definition) is 2. The van der Waals surface area contributed by atoms with Crippen LogP contribution in [0.2, 0.25) is 0 Å². The predicted octanol–water partition coefficient (Wildman–Crippen LogP) is 1.26. The first-order valence-corrected chi connectivity index (χ1v) is 4.16. The van der Waals surface area contributed by atoms with Crippen LogP contribution in [0.25, 0.3) is 0 Å². The summed E-state index contributed by atoms with van der Waals surface area (Å²) >= 11 is 0. The fourth-order valence-corrected chi connectivity index (χ4v) is 1.43. The smallest absolute Gasteiger partial charge is 0.344 e. The van der Waals surface area contributed by atoms with Crippen molar-refractivity contribution < 1.29 is 47.3 Å². The van der Waals surface area contributed by atoms with Crippen molar-refractivity contribution in [2.45, 2.75) is 18.9 Å². The SMILES string of the molecule is O=C(O)C1CCc2c[c-]ccc2O1.[Y]. The number of ether oxygens (including phenoxy) is 1. The second-order valence-corrected chi connectivity index (χ2v) is 3.02. The molecule has 1 radical (unpaired) electrons. The summed E-state index contributed by atoms with van der Waals surface area (Å²) in [5.41, 5.74) is 1.04. The first-order valence-electron chi connectivity index (χ1n) is 4.16. The summed E-state index contributed by atoms with van der Waals surface area (Å²) in [6, 6.07) is 8.26. The summed E-state index contributed by atoms with van der Waals surface area (Å²) in [7, 11) is 0. The van der Waals surface area contributed by atoms with E-state index in [9.17, 15) is 4.79 Å². The molecule has 1 N–H and O–H groups in total. The van der Waals surface area contributed by atoms with Gasteiger partial charge in [-0.05, 0) is 6.42 Å². The Kier molecular flexibility index (Phi) is 4.08. The molecule has 1 aliphatic heterocycles. The first-order chi connectivity index (χ1) is 6.27. The van der Waals surface area contributed by atoms with E-state index in [-0.39, 0.29) is 32.7 Å². The van der Waals surface area contributed by atoms with Gasteiger partial charge in [0, 0.05) is 38.5 Å². The molecule has 1 atom stereocenters.